The Morgan fingerprint density at radius 3 is 2.75 bits per heavy atom. The van der Waals surface area contributed by atoms with E-state index < -0.39 is 5.91 Å². The van der Waals surface area contributed by atoms with E-state index in [2.05, 4.69) is 20.0 Å². The Morgan fingerprint density at radius 2 is 2.33 bits per heavy atom. The van der Waals surface area contributed by atoms with E-state index in [1.165, 1.54) is 0 Å². The van der Waals surface area contributed by atoms with Gasteiger partial charge in [-0.1, -0.05) is 23.2 Å². The average Bonchev–Trinajstić information content (AvgIpc) is 2.33. The van der Waals surface area contributed by atoms with Crippen molar-refractivity contribution in [3.05, 3.63) is 26.6 Å². The van der Waals surface area contributed by atoms with Crippen LogP contribution in [0.4, 0.5) is 0 Å². The number of halogens is 2. The molecule has 6 nitrogen and oxygen atoms in total. The molecule has 1 aromatic rings. The van der Waals surface area contributed by atoms with Gasteiger partial charge in [-0.3, -0.25) is 4.79 Å². The Morgan fingerprint density at radius 1 is 1.67 bits per heavy atom. The van der Waals surface area contributed by atoms with Crippen LogP contribution < -0.4 is 0 Å². The molecule has 12 heavy (non-hydrogen) atoms. The van der Waals surface area contributed by atoms with Crippen LogP contribution in [0.2, 0.25) is 10.3 Å². The van der Waals surface area contributed by atoms with Crippen LogP contribution in [0.3, 0.4) is 0 Å². The molecule has 0 saturated carbocycles. The standard InChI is InChI=1S/C4HCl2N5O/c5-1-2(6)9-3(8-1)4(12)10-11-7/h(H,8,9). The summed E-state index contributed by atoms with van der Waals surface area (Å²) in [5.74, 6) is -1.03. The summed E-state index contributed by atoms with van der Waals surface area (Å²) in [6, 6.07) is 0. The summed E-state index contributed by atoms with van der Waals surface area (Å²) in [4.78, 5) is 18.9. The average molecular weight is 206 g/mol. The van der Waals surface area contributed by atoms with E-state index in [4.69, 9.17) is 28.7 Å². The van der Waals surface area contributed by atoms with E-state index in [1.54, 1.807) is 0 Å². The molecule has 0 atom stereocenters. The number of azide groups is 1. The molecule has 0 aliphatic carbocycles. The van der Waals surface area contributed by atoms with Gasteiger partial charge in [-0.15, -0.1) is 0 Å². The predicted octanol–water partition coefficient (Wildman–Crippen LogP) is 2.17. The molecule has 1 rings (SSSR count). The summed E-state index contributed by atoms with van der Waals surface area (Å²) in [6.07, 6.45) is 0. The molecule has 0 aliphatic rings. The third-order valence-electron chi connectivity index (χ3n) is 0.957. The molecule has 0 unspecified atom stereocenters. The second-order valence-corrected chi connectivity index (χ2v) is 2.42. The molecule has 0 bridgehead atoms. The molecule has 0 aromatic carbocycles. The highest BCUT2D eigenvalue weighted by molar-refractivity contribution is 6.40. The summed E-state index contributed by atoms with van der Waals surface area (Å²) < 4.78 is 0. The monoisotopic (exact) mass is 205 g/mol. The summed E-state index contributed by atoms with van der Waals surface area (Å²) in [5, 5.41) is 2.78. The van der Waals surface area contributed by atoms with Crippen molar-refractivity contribution >= 4 is 29.1 Å². The molecule has 0 fully saturated rings. The molecule has 62 valence electrons. The zero-order valence-corrected chi connectivity index (χ0v) is 6.96. The second kappa shape index (κ2) is 3.44. The first kappa shape index (κ1) is 8.86. The number of H-pyrrole nitrogens is 1. The Balaban J connectivity index is 3.04. The molecule has 1 heterocycles. The van der Waals surface area contributed by atoms with E-state index in [1.807, 2.05) is 0 Å². The number of hydrogen-bond acceptors (Lipinski definition) is 2. The Bertz CT molecular complexity index is 346. The molecule has 0 radical (unpaired) electrons. The van der Waals surface area contributed by atoms with Crippen molar-refractivity contribution in [2.75, 3.05) is 0 Å². The number of imidazole rings is 1. The van der Waals surface area contributed by atoms with Crippen LogP contribution in [-0.2, 0) is 0 Å². The molecular formula is C4HCl2N5O. The maximum atomic E-state index is 10.8. The van der Waals surface area contributed by atoms with E-state index >= 15 is 0 Å². The van der Waals surface area contributed by atoms with Gasteiger partial charge in [-0.25, -0.2) is 4.98 Å². The minimum absolute atomic E-state index is 0.0341. The molecule has 0 aliphatic heterocycles. The van der Waals surface area contributed by atoms with Gasteiger partial charge in [-0.05, 0) is 10.6 Å². The van der Waals surface area contributed by atoms with Gasteiger partial charge in [0.05, 0.1) is 0 Å². The Labute approximate surface area is 76.1 Å². The smallest absolute Gasteiger partial charge is 0.284 e. The Hall–Kier alpha value is -1.23. The van der Waals surface area contributed by atoms with Gasteiger partial charge >= 0.3 is 0 Å². The van der Waals surface area contributed by atoms with Gasteiger partial charge in [0.1, 0.15) is 5.15 Å². The van der Waals surface area contributed by atoms with Crippen molar-refractivity contribution in [2.45, 2.75) is 0 Å². The summed E-state index contributed by atoms with van der Waals surface area (Å²) in [5.41, 5.74) is 7.90. The fourth-order valence-electron chi connectivity index (χ4n) is 0.520. The molecule has 0 saturated heterocycles. The minimum Gasteiger partial charge on any atom is -0.325 e. The number of carbonyl (C=O) groups is 1. The van der Waals surface area contributed by atoms with Crippen LogP contribution in [0.15, 0.2) is 5.11 Å². The lowest BCUT2D eigenvalue weighted by molar-refractivity contribution is 0.0991. The van der Waals surface area contributed by atoms with E-state index in [0.717, 1.165) is 0 Å². The summed E-state index contributed by atoms with van der Waals surface area (Å²) >= 11 is 10.8. The first-order valence-corrected chi connectivity index (χ1v) is 3.41. The lowest BCUT2D eigenvalue weighted by Crippen LogP contribution is -1.95. The van der Waals surface area contributed by atoms with Crippen molar-refractivity contribution in [3.8, 4) is 0 Å². The van der Waals surface area contributed by atoms with Crippen molar-refractivity contribution in [3.63, 3.8) is 0 Å². The van der Waals surface area contributed by atoms with Crippen LogP contribution >= 0.6 is 23.2 Å². The van der Waals surface area contributed by atoms with E-state index in [-0.39, 0.29) is 16.1 Å². The number of rotatable bonds is 1. The normalized spacial score (nSPS) is 9.17. The first-order chi connectivity index (χ1) is 5.65. The third-order valence-corrected chi connectivity index (χ3v) is 1.60. The lowest BCUT2D eigenvalue weighted by Gasteiger charge is -1.81. The largest absolute Gasteiger partial charge is 0.325 e. The highest BCUT2D eigenvalue weighted by Crippen LogP contribution is 2.17. The van der Waals surface area contributed by atoms with Gasteiger partial charge < -0.3 is 4.98 Å². The van der Waals surface area contributed by atoms with Gasteiger partial charge in [0.2, 0.25) is 0 Å². The van der Waals surface area contributed by atoms with Crippen LogP contribution in [0, 0.1) is 0 Å². The third kappa shape index (κ3) is 1.68. The molecule has 1 N–H and O–H groups in total. The number of carbonyl (C=O) groups excluding carboxylic acids is 1. The predicted molar refractivity (Wildman–Crippen MR) is 42.1 cm³/mol. The van der Waals surface area contributed by atoms with Crippen LogP contribution in [0.1, 0.15) is 10.6 Å². The SMILES string of the molecule is [N-]=[N+]=NC(=O)c1nc(Cl)c(Cl)[nH]1. The number of nitrogens with zero attached hydrogens (tertiary/aromatic N) is 4. The van der Waals surface area contributed by atoms with Gasteiger partial charge in [0.25, 0.3) is 5.91 Å². The molecule has 1 aromatic heterocycles. The summed E-state index contributed by atoms with van der Waals surface area (Å²) in [6.45, 7) is 0. The van der Waals surface area contributed by atoms with Crippen molar-refractivity contribution in [1.82, 2.24) is 9.97 Å². The minimum atomic E-state index is -0.855. The number of aromatic amines is 1. The maximum absolute atomic E-state index is 10.8. The molecule has 8 heteroatoms. The van der Waals surface area contributed by atoms with Crippen LogP contribution in [0.25, 0.3) is 10.4 Å². The topological polar surface area (TPSA) is 94.5 Å². The zero-order chi connectivity index (χ0) is 9.14. The van der Waals surface area contributed by atoms with Gasteiger partial charge in [0, 0.05) is 4.91 Å². The van der Waals surface area contributed by atoms with E-state index in [0.29, 0.717) is 0 Å². The Kier molecular flexibility index (Phi) is 2.54. The quantitative estimate of drug-likeness (QED) is 0.432. The highest BCUT2D eigenvalue weighted by atomic mass is 35.5. The fourth-order valence-corrected chi connectivity index (χ4v) is 0.784. The number of nitrogens with one attached hydrogen (secondary N) is 1. The maximum Gasteiger partial charge on any atom is 0.284 e. The van der Waals surface area contributed by atoms with E-state index in [9.17, 15) is 4.79 Å². The number of amides is 1. The number of aromatic nitrogens is 2. The molecular weight excluding hydrogens is 205 g/mol. The van der Waals surface area contributed by atoms with Crippen molar-refractivity contribution < 1.29 is 4.79 Å². The highest BCUT2D eigenvalue weighted by Gasteiger charge is 2.11. The fraction of sp³-hybridized carbons (Fsp3) is 0. The lowest BCUT2D eigenvalue weighted by atomic mass is 10.6. The molecule has 1 amide bonds. The number of hydrogen-bond donors (Lipinski definition) is 1. The van der Waals surface area contributed by atoms with Crippen molar-refractivity contribution in [2.24, 2.45) is 5.11 Å². The second-order valence-electron chi connectivity index (χ2n) is 1.68. The summed E-state index contributed by atoms with van der Waals surface area (Å²) in [7, 11) is 0. The molecule has 0 spiro atoms. The van der Waals surface area contributed by atoms with Crippen LogP contribution in [0.5, 0.6) is 0 Å². The first-order valence-electron chi connectivity index (χ1n) is 2.65. The zero-order valence-electron chi connectivity index (χ0n) is 5.45. The van der Waals surface area contributed by atoms with Crippen LogP contribution in [-0.4, -0.2) is 15.9 Å². The van der Waals surface area contributed by atoms with Crippen molar-refractivity contribution in [1.29, 1.82) is 0 Å². The van der Waals surface area contributed by atoms with Gasteiger partial charge in [0.15, 0.2) is 11.0 Å². The van der Waals surface area contributed by atoms with Gasteiger partial charge in [-0.2, -0.15) is 0 Å².